The summed E-state index contributed by atoms with van der Waals surface area (Å²) in [4.78, 5) is 0. The summed E-state index contributed by atoms with van der Waals surface area (Å²) in [5.74, 6) is 0.519. The second kappa shape index (κ2) is 6.68. The van der Waals surface area contributed by atoms with Crippen LogP contribution in [0.25, 0.3) is 0 Å². The molecule has 4 rings (SSSR count). The highest BCUT2D eigenvalue weighted by Crippen LogP contribution is 2.58. The molecule has 0 fully saturated rings. The summed E-state index contributed by atoms with van der Waals surface area (Å²) in [6, 6.07) is 29.2. The van der Waals surface area contributed by atoms with Crippen molar-refractivity contribution in [3.8, 4) is 0 Å². The molecule has 0 aliphatic heterocycles. The SMILES string of the molecule is CCC(c1ccccc1C)C1(C)CC(C)(c2ccccc2)c2ccccc21. The van der Waals surface area contributed by atoms with Crippen molar-refractivity contribution in [2.24, 2.45) is 0 Å². The molecule has 0 heterocycles. The van der Waals surface area contributed by atoms with Crippen molar-refractivity contribution in [1.82, 2.24) is 0 Å². The van der Waals surface area contributed by atoms with Crippen LogP contribution in [-0.2, 0) is 10.8 Å². The van der Waals surface area contributed by atoms with Crippen molar-refractivity contribution in [3.63, 3.8) is 0 Å². The summed E-state index contributed by atoms with van der Waals surface area (Å²) in [6.07, 6.45) is 2.30. The van der Waals surface area contributed by atoms with Gasteiger partial charge in [-0.1, -0.05) is 99.6 Å². The fourth-order valence-electron chi connectivity index (χ4n) is 5.75. The van der Waals surface area contributed by atoms with E-state index in [1.165, 1.54) is 27.8 Å². The van der Waals surface area contributed by atoms with Gasteiger partial charge in [-0.05, 0) is 53.5 Å². The highest BCUT2D eigenvalue weighted by atomic mass is 14.5. The molecule has 0 saturated heterocycles. The van der Waals surface area contributed by atoms with Crippen LogP contribution in [0.15, 0.2) is 78.9 Å². The van der Waals surface area contributed by atoms with E-state index in [1.54, 1.807) is 0 Å². The second-order valence-corrected chi connectivity index (χ2v) is 8.66. The first-order chi connectivity index (χ1) is 13.0. The van der Waals surface area contributed by atoms with E-state index >= 15 is 0 Å². The summed E-state index contributed by atoms with van der Waals surface area (Å²) in [7, 11) is 0. The molecular weight excluding hydrogens is 324 g/mol. The quantitative estimate of drug-likeness (QED) is 0.466. The maximum atomic E-state index is 2.50. The molecular formula is C27H30. The third kappa shape index (κ3) is 2.74. The van der Waals surface area contributed by atoms with Gasteiger partial charge >= 0.3 is 0 Å². The summed E-state index contributed by atoms with van der Waals surface area (Å²) in [6.45, 7) is 9.55. The fourth-order valence-corrected chi connectivity index (χ4v) is 5.75. The van der Waals surface area contributed by atoms with Gasteiger partial charge in [0.05, 0.1) is 0 Å². The van der Waals surface area contributed by atoms with Crippen LogP contribution < -0.4 is 0 Å². The van der Waals surface area contributed by atoms with Gasteiger partial charge in [0.1, 0.15) is 0 Å². The van der Waals surface area contributed by atoms with E-state index in [9.17, 15) is 0 Å². The van der Waals surface area contributed by atoms with Gasteiger partial charge in [0.2, 0.25) is 0 Å². The summed E-state index contributed by atoms with van der Waals surface area (Å²) < 4.78 is 0. The van der Waals surface area contributed by atoms with Crippen LogP contribution in [0.3, 0.4) is 0 Å². The molecule has 1 aliphatic rings. The molecule has 3 unspecified atom stereocenters. The van der Waals surface area contributed by atoms with Gasteiger partial charge < -0.3 is 0 Å². The topological polar surface area (TPSA) is 0 Å². The Kier molecular flexibility index (Phi) is 4.46. The van der Waals surface area contributed by atoms with E-state index in [0.29, 0.717) is 5.92 Å². The Balaban J connectivity index is 1.90. The largest absolute Gasteiger partial charge is 0.0648 e. The van der Waals surface area contributed by atoms with E-state index in [2.05, 4.69) is 107 Å². The zero-order valence-corrected chi connectivity index (χ0v) is 17.0. The lowest BCUT2D eigenvalue weighted by atomic mass is 9.65. The normalized spacial score (nSPS) is 25.2. The van der Waals surface area contributed by atoms with Crippen LogP contribution in [0.1, 0.15) is 67.3 Å². The number of hydrogen-bond donors (Lipinski definition) is 0. The zero-order valence-electron chi connectivity index (χ0n) is 17.0. The lowest BCUT2D eigenvalue weighted by molar-refractivity contribution is 0.321. The Bertz CT molecular complexity index is 939. The first-order valence-corrected chi connectivity index (χ1v) is 10.2. The second-order valence-electron chi connectivity index (χ2n) is 8.66. The Hall–Kier alpha value is -2.34. The smallest absolute Gasteiger partial charge is 0.0186 e. The van der Waals surface area contributed by atoms with Crippen molar-refractivity contribution < 1.29 is 0 Å². The van der Waals surface area contributed by atoms with Gasteiger partial charge in [-0.3, -0.25) is 0 Å². The molecule has 3 atom stereocenters. The summed E-state index contributed by atoms with van der Waals surface area (Å²) >= 11 is 0. The molecule has 3 aromatic carbocycles. The maximum absolute atomic E-state index is 2.50. The minimum absolute atomic E-state index is 0.0582. The fraction of sp³-hybridized carbons (Fsp3) is 0.333. The number of aryl methyl sites for hydroxylation is 1. The van der Waals surface area contributed by atoms with Gasteiger partial charge in [-0.2, -0.15) is 0 Å². The molecule has 3 aromatic rings. The highest BCUT2D eigenvalue weighted by molar-refractivity contribution is 5.54. The van der Waals surface area contributed by atoms with Crippen molar-refractivity contribution in [3.05, 3.63) is 107 Å². The minimum Gasteiger partial charge on any atom is -0.0648 e. The lowest BCUT2D eigenvalue weighted by Gasteiger charge is -2.38. The Morgan fingerprint density at radius 1 is 0.778 bits per heavy atom. The van der Waals surface area contributed by atoms with Crippen LogP contribution in [0.5, 0.6) is 0 Å². The Morgan fingerprint density at radius 3 is 2.04 bits per heavy atom. The lowest BCUT2D eigenvalue weighted by Crippen LogP contribution is -2.31. The molecule has 0 aromatic heterocycles. The van der Waals surface area contributed by atoms with Gasteiger partial charge in [-0.15, -0.1) is 0 Å². The number of fused-ring (bicyclic) bond motifs is 1. The van der Waals surface area contributed by atoms with E-state index in [0.717, 1.165) is 12.8 Å². The van der Waals surface area contributed by atoms with Gasteiger partial charge in [0.15, 0.2) is 0 Å². The van der Waals surface area contributed by atoms with Gasteiger partial charge in [-0.25, -0.2) is 0 Å². The van der Waals surface area contributed by atoms with Crippen molar-refractivity contribution in [2.45, 2.75) is 57.3 Å². The third-order valence-corrected chi connectivity index (χ3v) is 7.01. The minimum atomic E-state index is 0.0582. The van der Waals surface area contributed by atoms with Crippen LogP contribution in [0.4, 0.5) is 0 Å². The van der Waals surface area contributed by atoms with Crippen LogP contribution in [0.2, 0.25) is 0 Å². The van der Waals surface area contributed by atoms with Crippen LogP contribution >= 0.6 is 0 Å². The maximum Gasteiger partial charge on any atom is 0.0186 e. The molecule has 0 nitrogen and oxygen atoms in total. The first-order valence-electron chi connectivity index (χ1n) is 10.2. The van der Waals surface area contributed by atoms with Crippen LogP contribution in [0, 0.1) is 6.92 Å². The standard InChI is InChI=1S/C27H30/c1-5-23(22-16-10-9-13-20(22)2)27(4)19-26(3,21-14-7-6-8-15-21)24-17-11-12-18-25(24)27/h6-18,23H,5,19H2,1-4H3. The van der Waals surface area contributed by atoms with E-state index in [4.69, 9.17) is 0 Å². The molecule has 0 radical (unpaired) electrons. The average molecular weight is 355 g/mol. The average Bonchev–Trinajstić information content (AvgIpc) is 2.94. The molecule has 0 spiro atoms. The molecule has 0 amide bonds. The summed E-state index contributed by atoms with van der Waals surface area (Å²) in [5, 5.41) is 0. The van der Waals surface area contributed by atoms with Gasteiger partial charge in [0, 0.05) is 10.8 Å². The zero-order chi connectivity index (χ0) is 19.1. The molecule has 0 heteroatoms. The number of rotatable bonds is 4. The van der Waals surface area contributed by atoms with E-state index in [-0.39, 0.29) is 10.8 Å². The van der Waals surface area contributed by atoms with E-state index in [1.807, 2.05) is 0 Å². The predicted molar refractivity (Wildman–Crippen MR) is 116 cm³/mol. The molecule has 0 N–H and O–H groups in total. The van der Waals surface area contributed by atoms with E-state index < -0.39 is 0 Å². The molecule has 138 valence electrons. The molecule has 27 heavy (non-hydrogen) atoms. The van der Waals surface area contributed by atoms with Gasteiger partial charge in [0.25, 0.3) is 0 Å². The van der Waals surface area contributed by atoms with Crippen LogP contribution in [-0.4, -0.2) is 0 Å². The highest BCUT2D eigenvalue weighted by Gasteiger charge is 2.51. The number of benzene rings is 3. The third-order valence-electron chi connectivity index (χ3n) is 7.01. The molecule has 0 saturated carbocycles. The molecule has 1 aliphatic carbocycles. The summed E-state index contributed by atoms with van der Waals surface area (Å²) in [5.41, 5.74) is 7.58. The van der Waals surface area contributed by atoms with Crippen molar-refractivity contribution in [1.29, 1.82) is 0 Å². The Morgan fingerprint density at radius 2 is 1.37 bits per heavy atom. The van der Waals surface area contributed by atoms with Crippen molar-refractivity contribution in [2.75, 3.05) is 0 Å². The monoisotopic (exact) mass is 354 g/mol. The van der Waals surface area contributed by atoms with Crippen molar-refractivity contribution >= 4 is 0 Å². The Labute approximate surface area is 164 Å². The number of hydrogen-bond acceptors (Lipinski definition) is 0. The molecule has 0 bridgehead atoms. The first kappa shape index (κ1) is 18.0. The predicted octanol–water partition coefficient (Wildman–Crippen LogP) is 7.16.